The Morgan fingerprint density at radius 2 is 1.79 bits per heavy atom. The molecule has 1 fully saturated rings. The first-order valence-corrected chi connectivity index (χ1v) is 11.1. The lowest BCUT2D eigenvalue weighted by molar-refractivity contribution is -0.117. The van der Waals surface area contributed by atoms with Gasteiger partial charge in [0.15, 0.2) is 5.82 Å². The molecule has 34 heavy (non-hydrogen) atoms. The van der Waals surface area contributed by atoms with Gasteiger partial charge in [-0.3, -0.25) is 4.79 Å². The van der Waals surface area contributed by atoms with Crippen molar-refractivity contribution >= 4 is 40.3 Å². The summed E-state index contributed by atoms with van der Waals surface area (Å²) in [5.41, 5.74) is 1.03. The van der Waals surface area contributed by atoms with Crippen molar-refractivity contribution in [3.63, 3.8) is 0 Å². The largest absolute Gasteiger partial charge is 0.368 e. The molecule has 4 aromatic rings. The number of amides is 1. The van der Waals surface area contributed by atoms with Crippen LogP contribution in [0.4, 0.5) is 21.6 Å². The van der Waals surface area contributed by atoms with Gasteiger partial charge in [-0.1, -0.05) is 29.8 Å². The van der Waals surface area contributed by atoms with E-state index >= 15 is 0 Å². The van der Waals surface area contributed by atoms with Gasteiger partial charge < -0.3 is 15.1 Å². The zero-order valence-corrected chi connectivity index (χ0v) is 18.8. The Morgan fingerprint density at radius 3 is 2.53 bits per heavy atom. The van der Waals surface area contributed by atoms with Gasteiger partial charge in [0, 0.05) is 49.3 Å². The van der Waals surface area contributed by atoms with Gasteiger partial charge in [-0.2, -0.15) is 0 Å². The molecule has 0 bridgehead atoms. The van der Waals surface area contributed by atoms with Gasteiger partial charge in [0.25, 0.3) is 0 Å². The van der Waals surface area contributed by atoms with Gasteiger partial charge in [-0.05, 0) is 30.3 Å². The third-order valence-corrected chi connectivity index (χ3v) is 5.92. The molecule has 1 aliphatic heterocycles. The van der Waals surface area contributed by atoms with Crippen LogP contribution < -0.4 is 20.8 Å². The predicted octanol–water partition coefficient (Wildman–Crippen LogP) is 2.65. The molecule has 0 saturated carbocycles. The molecule has 2 aromatic heterocycles. The van der Waals surface area contributed by atoms with Crippen molar-refractivity contribution in [1.29, 1.82) is 0 Å². The quantitative estimate of drug-likeness (QED) is 0.471. The SMILES string of the molecule is O=C(Cn1nc2c(N3CCN(c4ccccc4)CC3)nccn2c1=O)Nc1ccc(Cl)cc1F. The lowest BCUT2D eigenvalue weighted by Gasteiger charge is -2.36. The molecule has 3 heterocycles. The molecule has 0 atom stereocenters. The summed E-state index contributed by atoms with van der Waals surface area (Å²) in [6.45, 7) is 2.64. The van der Waals surface area contributed by atoms with Gasteiger partial charge in [-0.15, -0.1) is 5.10 Å². The molecular formula is C23H21ClFN7O2. The molecule has 2 aromatic carbocycles. The number of rotatable bonds is 5. The van der Waals surface area contributed by atoms with Crippen LogP contribution in [-0.2, 0) is 11.3 Å². The molecule has 5 rings (SSSR count). The Bertz CT molecular complexity index is 1400. The van der Waals surface area contributed by atoms with Crippen molar-refractivity contribution in [2.24, 2.45) is 0 Å². The summed E-state index contributed by atoms with van der Waals surface area (Å²) in [4.78, 5) is 34.1. The smallest absolute Gasteiger partial charge is 0.350 e. The minimum atomic E-state index is -0.663. The van der Waals surface area contributed by atoms with E-state index < -0.39 is 17.4 Å². The van der Waals surface area contributed by atoms with Crippen molar-refractivity contribution in [3.8, 4) is 0 Å². The molecule has 1 aliphatic rings. The van der Waals surface area contributed by atoms with E-state index in [0.717, 1.165) is 29.5 Å². The number of aromatic nitrogens is 4. The van der Waals surface area contributed by atoms with Crippen LogP contribution in [0.25, 0.3) is 5.65 Å². The third-order valence-electron chi connectivity index (χ3n) is 5.68. The highest BCUT2D eigenvalue weighted by molar-refractivity contribution is 6.30. The topological polar surface area (TPSA) is 87.8 Å². The van der Waals surface area contributed by atoms with Gasteiger partial charge >= 0.3 is 5.69 Å². The number of hydrogen-bond donors (Lipinski definition) is 1. The van der Waals surface area contributed by atoms with E-state index in [9.17, 15) is 14.0 Å². The Kier molecular flexibility index (Phi) is 5.89. The second-order valence-corrected chi connectivity index (χ2v) is 8.30. The first-order chi connectivity index (χ1) is 16.5. The lowest BCUT2D eigenvalue weighted by atomic mass is 10.2. The Morgan fingerprint density at radius 1 is 1.06 bits per heavy atom. The van der Waals surface area contributed by atoms with Gasteiger partial charge in [0.1, 0.15) is 12.4 Å². The Labute approximate surface area is 199 Å². The molecule has 0 spiro atoms. The van der Waals surface area contributed by atoms with Gasteiger partial charge in [0.2, 0.25) is 11.6 Å². The number of hydrogen-bond acceptors (Lipinski definition) is 6. The summed E-state index contributed by atoms with van der Waals surface area (Å²) < 4.78 is 16.4. The van der Waals surface area contributed by atoms with Crippen molar-refractivity contribution in [2.45, 2.75) is 6.54 Å². The first kappa shape index (κ1) is 21.9. The zero-order chi connectivity index (χ0) is 23.7. The van der Waals surface area contributed by atoms with Crippen LogP contribution in [0.2, 0.25) is 5.02 Å². The van der Waals surface area contributed by atoms with Crippen LogP contribution in [-0.4, -0.2) is 51.3 Å². The summed E-state index contributed by atoms with van der Waals surface area (Å²) in [5.74, 6) is -0.669. The predicted molar refractivity (Wildman–Crippen MR) is 128 cm³/mol. The average molecular weight is 482 g/mol. The van der Waals surface area contributed by atoms with Crippen LogP contribution in [0.5, 0.6) is 0 Å². The third kappa shape index (κ3) is 4.32. The molecule has 1 saturated heterocycles. The van der Waals surface area contributed by atoms with Crippen LogP contribution in [0.1, 0.15) is 0 Å². The molecule has 0 aliphatic carbocycles. The molecule has 0 unspecified atom stereocenters. The van der Waals surface area contributed by atoms with Crippen molar-refractivity contribution in [1.82, 2.24) is 19.2 Å². The van der Waals surface area contributed by atoms with E-state index in [1.54, 1.807) is 6.20 Å². The minimum Gasteiger partial charge on any atom is -0.368 e. The second kappa shape index (κ2) is 9.14. The molecular weight excluding hydrogens is 461 g/mol. The molecule has 11 heteroatoms. The highest BCUT2D eigenvalue weighted by Crippen LogP contribution is 2.21. The fraction of sp³-hybridized carbons (Fsp3) is 0.217. The maximum Gasteiger partial charge on any atom is 0.350 e. The summed E-state index contributed by atoms with van der Waals surface area (Å²) in [6, 6.07) is 14.1. The number of carbonyl (C=O) groups excluding carboxylic acids is 1. The number of fused-ring (bicyclic) bond motifs is 1. The van der Waals surface area contributed by atoms with Crippen molar-refractivity contribution in [3.05, 3.63) is 82.2 Å². The van der Waals surface area contributed by atoms with E-state index in [4.69, 9.17) is 11.6 Å². The molecule has 1 N–H and O–H groups in total. The van der Waals surface area contributed by atoms with E-state index in [1.165, 1.54) is 22.7 Å². The molecule has 9 nitrogen and oxygen atoms in total. The number of para-hydroxylation sites is 1. The van der Waals surface area contributed by atoms with Crippen molar-refractivity contribution in [2.75, 3.05) is 41.3 Å². The van der Waals surface area contributed by atoms with E-state index in [1.807, 2.05) is 18.2 Å². The number of benzene rings is 2. The Balaban J connectivity index is 1.33. The molecule has 1 amide bonds. The van der Waals surface area contributed by atoms with Gasteiger partial charge in [0.05, 0.1) is 5.69 Å². The standard InChI is InChI=1S/C23H21ClFN7O2/c24-16-6-7-19(18(25)14-16)27-20(33)15-32-23(34)31-9-8-26-21(22(31)28-32)30-12-10-29(11-13-30)17-4-2-1-3-5-17/h1-9,14H,10-13,15H2,(H,27,33). The highest BCUT2D eigenvalue weighted by atomic mass is 35.5. The fourth-order valence-corrected chi connectivity index (χ4v) is 4.15. The second-order valence-electron chi connectivity index (χ2n) is 7.87. The zero-order valence-electron chi connectivity index (χ0n) is 18.1. The maximum atomic E-state index is 14.0. The number of nitrogens with zero attached hydrogens (tertiary/aromatic N) is 6. The number of anilines is 3. The highest BCUT2D eigenvalue weighted by Gasteiger charge is 2.23. The lowest BCUT2D eigenvalue weighted by Crippen LogP contribution is -2.47. The van der Waals surface area contributed by atoms with Crippen LogP contribution in [0.3, 0.4) is 0 Å². The van der Waals surface area contributed by atoms with Crippen molar-refractivity contribution < 1.29 is 9.18 Å². The van der Waals surface area contributed by atoms with E-state index in [-0.39, 0.29) is 17.3 Å². The average Bonchev–Trinajstić information content (AvgIpc) is 3.17. The van der Waals surface area contributed by atoms with E-state index in [0.29, 0.717) is 24.6 Å². The fourth-order valence-electron chi connectivity index (χ4n) is 3.99. The summed E-state index contributed by atoms with van der Waals surface area (Å²) in [7, 11) is 0. The normalized spacial score (nSPS) is 13.9. The van der Waals surface area contributed by atoms with Crippen LogP contribution in [0.15, 0.2) is 65.7 Å². The van der Waals surface area contributed by atoms with Gasteiger partial charge in [-0.25, -0.2) is 23.3 Å². The number of nitrogens with one attached hydrogen (secondary N) is 1. The minimum absolute atomic E-state index is 0.0233. The number of carbonyl (C=O) groups is 1. The number of piperazine rings is 1. The first-order valence-electron chi connectivity index (χ1n) is 10.7. The van der Waals surface area contributed by atoms with Crippen LogP contribution in [0, 0.1) is 5.82 Å². The van der Waals surface area contributed by atoms with Crippen LogP contribution >= 0.6 is 11.6 Å². The van der Waals surface area contributed by atoms with E-state index in [2.05, 4.69) is 37.3 Å². The Hall–Kier alpha value is -3.92. The maximum absolute atomic E-state index is 14.0. The molecule has 174 valence electrons. The number of halogens is 2. The molecule has 0 radical (unpaired) electrons. The summed E-state index contributed by atoms with van der Waals surface area (Å²) >= 11 is 5.74. The summed E-state index contributed by atoms with van der Waals surface area (Å²) in [5, 5.41) is 7.02. The monoisotopic (exact) mass is 481 g/mol. The summed E-state index contributed by atoms with van der Waals surface area (Å²) in [6.07, 6.45) is 3.06.